The molecule has 16 heavy (non-hydrogen) atoms. The number of ether oxygens (including phenoxy) is 1. The Labute approximate surface area is 94.8 Å². The van der Waals surface area contributed by atoms with Gasteiger partial charge in [0.2, 0.25) is 5.91 Å². The number of carbonyl (C=O) groups is 1. The molecule has 1 aromatic carbocycles. The summed E-state index contributed by atoms with van der Waals surface area (Å²) in [6.45, 7) is 0.769. The average molecular weight is 220 g/mol. The highest BCUT2D eigenvalue weighted by Crippen LogP contribution is 2.19. The first-order chi connectivity index (χ1) is 7.75. The molecule has 0 aromatic heterocycles. The minimum atomic E-state index is -0.0372. The molecule has 3 N–H and O–H groups in total. The van der Waals surface area contributed by atoms with Gasteiger partial charge in [-0.15, -0.1) is 0 Å². The monoisotopic (exact) mass is 220 g/mol. The number of rotatable bonds is 3. The van der Waals surface area contributed by atoms with E-state index in [1.165, 1.54) is 0 Å². The molecule has 1 saturated heterocycles. The van der Waals surface area contributed by atoms with Crippen LogP contribution in [0.25, 0.3) is 0 Å². The van der Waals surface area contributed by atoms with Gasteiger partial charge in [0.05, 0.1) is 23.9 Å². The zero-order chi connectivity index (χ0) is 11.4. The van der Waals surface area contributed by atoms with Crippen molar-refractivity contribution in [3.8, 4) is 0 Å². The van der Waals surface area contributed by atoms with E-state index < -0.39 is 0 Å². The molecule has 4 nitrogen and oxygen atoms in total. The fourth-order valence-electron chi connectivity index (χ4n) is 1.82. The molecule has 0 radical (unpaired) electrons. The fraction of sp³-hybridized carbons (Fsp3) is 0.417. The third-order valence-electron chi connectivity index (χ3n) is 2.67. The molecule has 1 atom stereocenters. The molecular weight excluding hydrogens is 204 g/mol. The summed E-state index contributed by atoms with van der Waals surface area (Å²) in [4.78, 5) is 11.7. The number of hydrogen-bond donors (Lipinski definition) is 2. The predicted octanol–water partition coefficient (Wildman–Crippen LogP) is 1.78. The van der Waals surface area contributed by atoms with E-state index in [1.54, 1.807) is 12.1 Å². The van der Waals surface area contributed by atoms with Crippen molar-refractivity contribution < 1.29 is 9.53 Å². The van der Waals surface area contributed by atoms with Crippen molar-refractivity contribution in [1.82, 2.24) is 0 Å². The second kappa shape index (κ2) is 4.99. The Morgan fingerprint density at radius 1 is 1.50 bits per heavy atom. The van der Waals surface area contributed by atoms with Crippen molar-refractivity contribution in [1.29, 1.82) is 0 Å². The van der Waals surface area contributed by atoms with Crippen LogP contribution in [0.1, 0.15) is 19.3 Å². The highest BCUT2D eigenvalue weighted by atomic mass is 16.5. The van der Waals surface area contributed by atoms with Gasteiger partial charge < -0.3 is 15.8 Å². The third kappa shape index (κ3) is 2.73. The van der Waals surface area contributed by atoms with Crippen LogP contribution < -0.4 is 11.1 Å². The number of hydrogen-bond acceptors (Lipinski definition) is 3. The molecular formula is C12H16N2O2. The lowest BCUT2D eigenvalue weighted by atomic mass is 10.1. The van der Waals surface area contributed by atoms with Crippen molar-refractivity contribution in [3.63, 3.8) is 0 Å². The lowest BCUT2D eigenvalue weighted by Crippen LogP contribution is -2.19. The molecule has 0 bridgehead atoms. The topological polar surface area (TPSA) is 64.3 Å². The summed E-state index contributed by atoms with van der Waals surface area (Å²) in [5.74, 6) is -0.0372. The summed E-state index contributed by atoms with van der Waals surface area (Å²) in [5.41, 5.74) is 6.99. The van der Waals surface area contributed by atoms with Gasteiger partial charge in [0.25, 0.3) is 0 Å². The number of anilines is 2. The first kappa shape index (κ1) is 11.0. The van der Waals surface area contributed by atoms with Gasteiger partial charge in [0, 0.05) is 6.61 Å². The van der Waals surface area contributed by atoms with E-state index in [2.05, 4.69) is 5.32 Å². The summed E-state index contributed by atoms with van der Waals surface area (Å²) in [6, 6.07) is 7.24. The van der Waals surface area contributed by atoms with Crippen LogP contribution in [0.2, 0.25) is 0 Å². The van der Waals surface area contributed by atoms with Crippen LogP contribution in [0, 0.1) is 0 Å². The molecule has 1 amide bonds. The van der Waals surface area contributed by atoms with E-state index in [9.17, 15) is 4.79 Å². The van der Waals surface area contributed by atoms with E-state index in [0.717, 1.165) is 19.4 Å². The fourth-order valence-corrected chi connectivity index (χ4v) is 1.82. The minimum Gasteiger partial charge on any atom is -0.397 e. The Morgan fingerprint density at radius 3 is 3.00 bits per heavy atom. The summed E-state index contributed by atoms with van der Waals surface area (Å²) in [7, 11) is 0. The summed E-state index contributed by atoms with van der Waals surface area (Å²) >= 11 is 0. The first-order valence-corrected chi connectivity index (χ1v) is 5.51. The Morgan fingerprint density at radius 2 is 2.31 bits per heavy atom. The largest absolute Gasteiger partial charge is 0.397 e. The zero-order valence-electron chi connectivity index (χ0n) is 9.11. The normalized spacial score (nSPS) is 19.6. The Balaban J connectivity index is 1.89. The number of nitrogen functional groups attached to an aromatic ring is 1. The second-order valence-electron chi connectivity index (χ2n) is 3.97. The molecule has 1 heterocycles. The average Bonchev–Trinajstić information content (AvgIpc) is 2.74. The SMILES string of the molecule is Nc1ccccc1NC(=O)CC1CCCO1. The highest BCUT2D eigenvalue weighted by molar-refractivity contribution is 5.94. The second-order valence-corrected chi connectivity index (χ2v) is 3.97. The van der Waals surface area contributed by atoms with Gasteiger partial charge in [0.1, 0.15) is 0 Å². The molecule has 2 rings (SSSR count). The summed E-state index contributed by atoms with van der Waals surface area (Å²) < 4.78 is 5.40. The number of para-hydroxylation sites is 2. The molecule has 1 fully saturated rings. The number of nitrogens with two attached hydrogens (primary N) is 1. The van der Waals surface area contributed by atoms with Crippen molar-refractivity contribution in [3.05, 3.63) is 24.3 Å². The van der Waals surface area contributed by atoms with Crippen molar-refractivity contribution >= 4 is 17.3 Å². The van der Waals surface area contributed by atoms with Crippen molar-refractivity contribution in [2.45, 2.75) is 25.4 Å². The van der Waals surface area contributed by atoms with Crippen LogP contribution in [0.3, 0.4) is 0 Å². The molecule has 1 aromatic rings. The summed E-state index contributed by atoms with van der Waals surface area (Å²) in [5, 5.41) is 2.79. The third-order valence-corrected chi connectivity index (χ3v) is 2.67. The van der Waals surface area contributed by atoms with Crippen LogP contribution in [0.5, 0.6) is 0 Å². The van der Waals surface area contributed by atoms with Crippen LogP contribution in [-0.2, 0) is 9.53 Å². The Hall–Kier alpha value is -1.55. The number of benzene rings is 1. The molecule has 86 valence electrons. The van der Waals surface area contributed by atoms with Gasteiger partial charge >= 0.3 is 0 Å². The molecule has 0 saturated carbocycles. The highest BCUT2D eigenvalue weighted by Gasteiger charge is 2.19. The predicted molar refractivity (Wildman–Crippen MR) is 63.1 cm³/mol. The molecule has 1 aliphatic heterocycles. The standard InChI is InChI=1S/C12H16N2O2/c13-10-5-1-2-6-11(10)14-12(15)8-9-4-3-7-16-9/h1-2,5-6,9H,3-4,7-8,13H2,(H,14,15). The lowest BCUT2D eigenvalue weighted by molar-refractivity contribution is -0.118. The first-order valence-electron chi connectivity index (χ1n) is 5.51. The smallest absolute Gasteiger partial charge is 0.227 e. The number of carbonyl (C=O) groups excluding carboxylic acids is 1. The van der Waals surface area contributed by atoms with Gasteiger partial charge in [-0.05, 0) is 25.0 Å². The minimum absolute atomic E-state index is 0.0372. The van der Waals surface area contributed by atoms with Gasteiger partial charge in [-0.25, -0.2) is 0 Å². The molecule has 0 spiro atoms. The van der Waals surface area contributed by atoms with Crippen LogP contribution in [-0.4, -0.2) is 18.6 Å². The zero-order valence-corrected chi connectivity index (χ0v) is 9.11. The molecule has 4 heteroatoms. The van der Waals surface area contributed by atoms with Gasteiger partial charge in [-0.3, -0.25) is 4.79 Å². The van der Waals surface area contributed by atoms with E-state index in [-0.39, 0.29) is 12.0 Å². The maximum Gasteiger partial charge on any atom is 0.227 e. The molecule has 1 unspecified atom stereocenters. The Bertz CT molecular complexity index is 373. The lowest BCUT2D eigenvalue weighted by Gasteiger charge is -2.11. The van der Waals surface area contributed by atoms with Crippen molar-refractivity contribution in [2.75, 3.05) is 17.7 Å². The van der Waals surface area contributed by atoms with Gasteiger partial charge in [-0.1, -0.05) is 12.1 Å². The molecule has 1 aliphatic rings. The molecule has 0 aliphatic carbocycles. The van der Waals surface area contributed by atoms with Crippen LogP contribution >= 0.6 is 0 Å². The quantitative estimate of drug-likeness (QED) is 0.763. The van der Waals surface area contributed by atoms with Crippen LogP contribution in [0.15, 0.2) is 24.3 Å². The van der Waals surface area contributed by atoms with Crippen LogP contribution in [0.4, 0.5) is 11.4 Å². The van der Waals surface area contributed by atoms with Gasteiger partial charge in [-0.2, -0.15) is 0 Å². The van der Waals surface area contributed by atoms with E-state index in [1.807, 2.05) is 12.1 Å². The number of nitrogens with one attached hydrogen (secondary N) is 1. The van der Waals surface area contributed by atoms with E-state index in [0.29, 0.717) is 17.8 Å². The number of amides is 1. The Kier molecular flexibility index (Phi) is 3.41. The van der Waals surface area contributed by atoms with E-state index >= 15 is 0 Å². The van der Waals surface area contributed by atoms with E-state index in [4.69, 9.17) is 10.5 Å². The maximum absolute atomic E-state index is 11.7. The maximum atomic E-state index is 11.7. The van der Waals surface area contributed by atoms with Crippen molar-refractivity contribution in [2.24, 2.45) is 0 Å². The summed E-state index contributed by atoms with van der Waals surface area (Å²) in [6.07, 6.45) is 2.50. The van der Waals surface area contributed by atoms with Gasteiger partial charge in [0.15, 0.2) is 0 Å².